The van der Waals surface area contributed by atoms with Crippen LogP contribution in [0.4, 0.5) is 10.1 Å². The van der Waals surface area contributed by atoms with Gasteiger partial charge in [0.25, 0.3) is 5.91 Å². The maximum Gasteiger partial charge on any atom is 0.262 e. The van der Waals surface area contributed by atoms with Crippen molar-refractivity contribution in [3.8, 4) is 5.75 Å². The van der Waals surface area contributed by atoms with Gasteiger partial charge in [0.05, 0.1) is 15.7 Å². The van der Waals surface area contributed by atoms with Gasteiger partial charge in [0.2, 0.25) is 0 Å². The summed E-state index contributed by atoms with van der Waals surface area (Å²) < 4.78 is 18.3. The van der Waals surface area contributed by atoms with Crippen molar-refractivity contribution in [3.63, 3.8) is 0 Å². The van der Waals surface area contributed by atoms with E-state index in [0.29, 0.717) is 10.7 Å². The van der Waals surface area contributed by atoms with Crippen LogP contribution >= 0.6 is 23.2 Å². The molecule has 0 bridgehead atoms. The lowest BCUT2D eigenvalue weighted by atomic mass is 10.3. The van der Waals surface area contributed by atoms with E-state index in [4.69, 9.17) is 27.9 Å². The second kappa shape index (κ2) is 6.59. The zero-order valence-corrected chi connectivity index (χ0v) is 11.7. The fourth-order valence-electron chi connectivity index (χ4n) is 1.46. The molecule has 6 heteroatoms. The van der Waals surface area contributed by atoms with Crippen LogP contribution in [0.15, 0.2) is 42.5 Å². The van der Waals surface area contributed by atoms with Crippen LogP contribution in [0.25, 0.3) is 0 Å². The first kappa shape index (κ1) is 14.6. The van der Waals surface area contributed by atoms with Gasteiger partial charge in [-0.3, -0.25) is 4.79 Å². The Morgan fingerprint density at radius 1 is 1.15 bits per heavy atom. The Bertz CT molecular complexity index is 634. The van der Waals surface area contributed by atoms with Crippen molar-refractivity contribution in [3.05, 3.63) is 58.3 Å². The highest BCUT2D eigenvalue weighted by Gasteiger charge is 2.07. The summed E-state index contributed by atoms with van der Waals surface area (Å²) in [6, 6.07) is 10.8. The minimum absolute atomic E-state index is 0.00197. The minimum Gasteiger partial charge on any atom is -0.484 e. The number of para-hydroxylation sites is 1. The number of carbonyl (C=O) groups excluding carboxylic acids is 1. The number of halogens is 3. The molecular formula is C14H10Cl2FNO2. The van der Waals surface area contributed by atoms with Crippen LogP contribution in [0.5, 0.6) is 5.75 Å². The van der Waals surface area contributed by atoms with Gasteiger partial charge in [-0.2, -0.15) is 0 Å². The summed E-state index contributed by atoms with van der Waals surface area (Å²) in [5.41, 5.74) is 0.491. The summed E-state index contributed by atoms with van der Waals surface area (Å²) in [5, 5.41) is 3.02. The van der Waals surface area contributed by atoms with Crippen molar-refractivity contribution in [2.75, 3.05) is 11.9 Å². The molecule has 0 fully saturated rings. The van der Waals surface area contributed by atoms with Gasteiger partial charge in [0, 0.05) is 6.07 Å². The van der Waals surface area contributed by atoms with Crippen LogP contribution in [0.3, 0.4) is 0 Å². The van der Waals surface area contributed by atoms with E-state index in [1.54, 1.807) is 24.3 Å². The lowest BCUT2D eigenvalue weighted by Gasteiger charge is -2.08. The van der Waals surface area contributed by atoms with E-state index in [1.807, 2.05) is 0 Å². The van der Waals surface area contributed by atoms with E-state index >= 15 is 0 Å². The highest BCUT2D eigenvalue weighted by Crippen LogP contribution is 2.21. The molecule has 1 amide bonds. The maximum atomic E-state index is 13.2. The smallest absolute Gasteiger partial charge is 0.262 e. The van der Waals surface area contributed by atoms with E-state index in [2.05, 4.69) is 5.32 Å². The summed E-state index contributed by atoms with van der Waals surface area (Å²) in [7, 11) is 0. The van der Waals surface area contributed by atoms with E-state index in [9.17, 15) is 9.18 Å². The lowest BCUT2D eigenvalue weighted by Crippen LogP contribution is -2.20. The molecule has 104 valence electrons. The third-order valence-corrected chi connectivity index (χ3v) is 3.05. The van der Waals surface area contributed by atoms with Crippen molar-refractivity contribution in [2.45, 2.75) is 0 Å². The summed E-state index contributed by atoms with van der Waals surface area (Å²) in [5.74, 6) is -0.773. The van der Waals surface area contributed by atoms with Gasteiger partial charge >= 0.3 is 0 Å². The Morgan fingerprint density at radius 3 is 2.60 bits per heavy atom. The van der Waals surface area contributed by atoms with E-state index in [1.165, 1.54) is 12.1 Å². The molecule has 20 heavy (non-hydrogen) atoms. The Hall–Kier alpha value is -1.78. The number of hydrogen-bond donors (Lipinski definition) is 1. The highest BCUT2D eigenvalue weighted by molar-refractivity contribution is 6.33. The van der Waals surface area contributed by atoms with Crippen molar-refractivity contribution < 1.29 is 13.9 Å². The van der Waals surface area contributed by atoms with Gasteiger partial charge in [0.15, 0.2) is 6.61 Å². The maximum absolute atomic E-state index is 13.2. The molecule has 0 radical (unpaired) electrons. The SMILES string of the molecule is O=C(COc1ccc(Cl)c(F)c1)Nc1ccccc1Cl. The Morgan fingerprint density at radius 2 is 1.90 bits per heavy atom. The van der Waals surface area contributed by atoms with Crippen LogP contribution < -0.4 is 10.1 Å². The third kappa shape index (κ3) is 3.85. The van der Waals surface area contributed by atoms with E-state index in [0.717, 1.165) is 6.07 Å². The molecule has 0 aliphatic rings. The largest absolute Gasteiger partial charge is 0.484 e. The highest BCUT2D eigenvalue weighted by atomic mass is 35.5. The number of nitrogens with one attached hydrogen (secondary N) is 1. The Kier molecular flexibility index (Phi) is 4.82. The molecule has 0 unspecified atom stereocenters. The zero-order valence-electron chi connectivity index (χ0n) is 10.2. The molecule has 0 spiro atoms. The van der Waals surface area contributed by atoms with Crippen molar-refractivity contribution >= 4 is 34.8 Å². The molecule has 0 saturated carbocycles. The minimum atomic E-state index is -0.601. The van der Waals surface area contributed by atoms with Crippen LogP contribution in [0, 0.1) is 5.82 Å². The molecule has 0 saturated heterocycles. The molecule has 3 nitrogen and oxygen atoms in total. The number of carbonyl (C=O) groups is 1. The normalized spacial score (nSPS) is 10.2. The summed E-state index contributed by atoms with van der Waals surface area (Å²) in [4.78, 5) is 11.7. The van der Waals surface area contributed by atoms with E-state index < -0.39 is 11.7 Å². The average molecular weight is 314 g/mol. The molecule has 0 heterocycles. The topological polar surface area (TPSA) is 38.3 Å². The average Bonchev–Trinajstić information content (AvgIpc) is 2.43. The molecule has 0 aliphatic heterocycles. The number of hydrogen-bond acceptors (Lipinski definition) is 2. The number of anilines is 1. The zero-order chi connectivity index (χ0) is 14.5. The molecule has 0 aliphatic carbocycles. The standard InChI is InChI=1S/C14H10Cl2FNO2/c15-10-6-5-9(7-12(10)17)20-8-14(19)18-13-4-2-1-3-11(13)16/h1-7H,8H2,(H,18,19). The van der Waals surface area contributed by atoms with Gasteiger partial charge in [-0.1, -0.05) is 35.3 Å². The molecule has 0 aromatic heterocycles. The van der Waals surface area contributed by atoms with Crippen LogP contribution in [0.1, 0.15) is 0 Å². The summed E-state index contributed by atoms with van der Waals surface area (Å²) >= 11 is 11.4. The van der Waals surface area contributed by atoms with Crippen LogP contribution in [-0.4, -0.2) is 12.5 Å². The predicted molar refractivity (Wildman–Crippen MR) is 77.0 cm³/mol. The fourth-order valence-corrected chi connectivity index (χ4v) is 1.76. The summed E-state index contributed by atoms with van der Waals surface area (Å²) in [6.45, 7) is -0.258. The third-order valence-electron chi connectivity index (χ3n) is 2.41. The lowest BCUT2D eigenvalue weighted by molar-refractivity contribution is -0.118. The number of ether oxygens (including phenoxy) is 1. The van der Waals surface area contributed by atoms with Crippen molar-refractivity contribution in [1.29, 1.82) is 0 Å². The fraction of sp³-hybridized carbons (Fsp3) is 0.0714. The van der Waals surface area contributed by atoms with Crippen LogP contribution in [0.2, 0.25) is 10.0 Å². The quantitative estimate of drug-likeness (QED) is 0.920. The number of amides is 1. The monoisotopic (exact) mass is 313 g/mol. The van der Waals surface area contributed by atoms with Crippen LogP contribution in [-0.2, 0) is 4.79 Å². The van der Waals surface area contributed by atoms with Crippen molar-refractivity contribution in [2.24, 2.45) is 0 Å². The Balaban J connectivity index is 1.92. The predicted octanol–water partition coefficient (Wildman–Crippen LogP) is 4.15. The summed E-state index contributed by atoms with van der Waals surface area (Å²) in [6.07, 6.45) is 0. The molecular weight excluding hydrogens is 304 g/mol. The van der Waals surface area contributed by atoms with Gasteiger partial charge in [-0.15, -0.1) is 0 Å². The van der Waals surface area contributed by atoms with Gasteiger partial charge < -0.3 is 10.1 Å². The number of rotatable bonds is 4. The van der Waals surface area contributed by atoms with Gasteiger partial charge in [0.1, 0.15) is 11.6 Å². The van der Waals surface area contributed by atoms with Gasteiger partial charge in [-0.05, 0) is 24.3 Å². The first-order chi connectivity index (χ1) is 9.56. The second-order valence-corrected chi connectivity index (χ2v) is 4.71. The molecule has 2 aromatic rings. The molecule has 1 N–H and O–H groups in total. The first-order valence-corrected chi connectivity index (χ1v) is 6.44. The molecule has 0 atom stereocenters. The molecule has 2 aromatic carbocycles. The number of benzene rings is 2. The Labute approximate surface area is 125 Å². The molecule has 2 rings (SSSR count). The second-order valence-electron chi connectivity index (χ2n) is 3.89. The first-order valence-electron chi connectivity index (χ1n) is 5.68. The van der Waals surface area contributed by atoms with Crippen molar-refractivity contribution in [1.82, 2.24) is 0 Å². The van der Waals surface area contributed by atoms with Gasteiger partial charge in [-0.25, -0.2) is 4.39 Å². The van der Waals surface area contributed by atoms with E-state index in [-0.39, 0.29) is 17.4 Å².